The zero-order chi connectivity index (χ0) is 23.2. The largest absolute Gasteiger partial charge is 0.497 e. The summed E-state index contributed by atoms with van der Waals surface area (Å²) in [6.45, 7) is 0.719. The zero-order valence-corrected chi connectivity index (χ0v) is 19.3. The Kier molecular flexibility index (Phi) is 5.54. The minimum atomic E-state index is -1.22. The van der Waals surface area contributed by atoms with Crippen molar-refractivity contribution in [3.05, 3.63) is 94.3 Å². The van der Waals surface area contributed by atoms with Crippen molar-refractivity contribution in [2.45, 2.75) is 11.4 Å². The highest BCUT2D eigenvalue weighted by Crippen LogP contribution is 2.55. The molecule has 1 atom stereocenters. The monoisotopic (exact) mass is 482 g/mol. The summed E-state index contributed by atoms with van der Waals surface area (Å²) in [5, 5.41) is 0.492. The normalized spacial score (nSPS) is 19.3. The van der Waals surface area contributed by atoms with Crippen molar-refractivity contribution in [3.8, 4) is 5.75 Å². The van der Waals surface area contributed by atoms with Crippen LogP contribution in [0.4, 0.5) is 10.1 Å². The summed E-state index contributed by atoms with van der Waals surface area (Å²) in [6, 6.07) is 18.3. The molecule has 0 aliphatic carbocycles. The van der Waals surface area contributed by atoms with Gasteiger partial charge in [-0.1, -0.05) is 23.7 Å². The van der Waals surface area contributed by atoms with Gasteiger partial charge in [-0.2, -0.15) is 0 Å². The molecule has 3 aromatic rings. The maximum Gasteiger partial charge on any atom is 0.268 e. The molecule has 2 heterocycles. The average molecular weight is 483 g/mol. The summed E-state index contributed by atoms with van der Waals surface area (Å²) in [5.41, 5.74) is 2.65. The number of halogens is 2. The van der Waals surface area contributed by atoms with E-state index >= 15 is 0 Å². The molecule has 0 radical (unpaired) electrons. The van der Waals surface area contributed by atoms with Gasteiger partial charge in [0, 0.05) is 28.4 Å². The van der Waals surface area contributed by atoms with Crippen LogP contribution in [-0.4, -0.2) is 36.1 Å². The van der Waals surface area contributed by atoms with Crippen LogP contribution in [0, 0.1) is 5.82 Å². The fourth-order valence-electron chi connectivity index (χ4n) is 4.45. The first-order valence-corrected chi connectivity index (χ1v) is 11.8. The fourth-order valence-corrected chi connectivity index (χ4v) is 6.07. The van der Waals surface area contributed by atoms with E-state index in [4.69, 9.17) is 16.3 Å². The van der Waals surface area contributed by atoms with Crippen molar-refractivity contribution in [1.82, 2.24) is 4.90 Å². The first-order valence-electron chi connectivity index (χ1n) is 10.4. The molecule has 1 spiro atoms. The number of thioether (sulfide) groups is 1. The lowest BCUT2D eigenvalue weighted by molar-refractivity contribution is -0.123. The SMILES string of the molecule is COc1cccc(CN2C(=O)[C@@]3(SCCN3C(=O)c3ccc(F)cc3)c3cc(Cl)ccc32)c1. The predicted octanol–water partition coefficient (Wildman–Crippen LogP) is 5.08. The van der Waals surface area contributed by atoms with Crippen LogP contribution in [0.1, 0.15) is 21.5 Å². The van der Waals surface area contributed by atoms with Gasteiger partial charge in [0.15, 0.2) is 4.87 Å². The van der Waals surface area contributed by atoms with Crippen molar-refractivity contribution < 1.29 is 18.7 Å². The molecular weight excluding hydrogens is 463 g/mol. The number of fused-ring (bicyclic) bond motifs is 2. The summed E-state index contributed by atoms with van der Waals surface area (Å²) in [7, 11) is 1.60. The second kappa shape index (κ2) is 8.39. The predicted molar refractivity (Wildman–Crippen MR) is 127 cm³/mol. The number of carbonyl (C=O) groups is 2. The molecule has 1 saturated heterocycles. The highest BCUT2D eigenvalue weighted by atomic mass is 35.5. The van der Waals surface area contributed by atoms with Crippen LogP contribution in [-0.2, 0) is 16.2 Å². The van der Waals surface area contributed by atoms with E-state index in [1.807, 2.05) is 30.3 Å². The lowest BCUT2D eigenvalue weighted by Crippen LogP contribution is -2.50. The van der Waals surface area contributed by atoms with Gasteiger partial charge in [-0.15, -0.1) is 11.8 Å². The van der Waals surface area contributed by atoms with E-state index in [1.54, 1.807) is 29.0 Å². The molecular formula is C25H20ClFN2O3S. The highest BCUT2D eigenvalue weighted by molar-refractivity contribution is 8.01. The summed E-state index contributed by atoms with van der Waals surface area (Å²) in [5.74, 6) is 0.365. The average Bonchev–Trinajstić information content (AvgIpc) is 3.36. The molecule has 5 rings (SSSR count). The van der Waals surface area contributed by atoms with Gasteiger partial charge in [0.25, 0.3) is 11.8 Å². The molecule has 2 amide bonds. The number of rotatable bonds is 4. The van der Waals surface area contributed by atoms with E-state index in [1.165, 1.54) is 36.0 Å². The first kappa shape index (κ1) is 21.8. The van der Waals surface area contributed by atoms with Crippen LogP contribution in [0.2, 0.25) is 5.02 Å². The maximum atomic E-state index is 14.0. The van der Waals surface area contributed by atoms with Gasteiger partial charge in [0.05, 0.1) is 19.3 Å². The zero-order valence-electron chi connectivity index (χ0n) is 17.8. The number of hydrogen-bond acceptors (Lipinski definition) is 4. The van der Waals surface area contributed by atoms with Gasteiger partial charge in [-0.3, -0.25) is 9.59 Å². The van der Waals surface area contributed by atoms with Gasteiger partial charge in [0.2, 0.25) is 0 Å². The number of anilines is 1. The van der Waals surface area contributed by atoms with Gasteiger partial charge < -0.3 is 14.5 Å². The van der Waals surface area contributed by atoms with Crippen molar-refractivity contribution >= 4 is 40.9 Å². The molecule has 0 aromatic heterocycles. The Bertz CT molecular complexity index is 1250. The Morgan fingerprint density at radius 3 is 2.70 bits per heavy atom. The van der Waals surface area contributed by atoms with E-state index in [9.17, 15) is 14.0 Å². The third kappa shape index (κ3) is 3.56. The lowest BCUT2D eigenvalue weighted by Gasteiger charge is -2.33. The fraction of sp³-hybridized carbons (Fsp3) is 0.200. The number of carbonyl (C=O) groups excluding carboxylic acids is 2. The summed E-state index contributed by atoms with van der Waals surface area (Å²) < 4.78 is 18.8. The standard InChI is InChI=1S/C25H20ClFN2O3S/c1-32-20-4-2-3-16(13-20)15-28-22-10-7-18(26)14-21(22)25(24(28)31)29(11-12-33-25)23(30)17-5-8-19(27)9-6-17/h2-10,13-14H,11-12,15H2,1H3/t25-/m0/s1. The molecule has 1 fully saturated rings. The Morgan fingerprint density at radius 2 is 1.94 bits per heavy atom. The second-order valence-electron chi connectivity index (χ2n) is 7.86. The number of methoxy groups -OCH3 is 1. The number of nitrogens with zero attached hydrogens (tertiary/aromatic N) is 2. The molecule has 3 aromatic carbocycles. The Morgan fingerprint density at radius 1 is 1.15 bits per heavy atom. The van der Waals surface area contributed by atoms with Crippen LogP contribution in [0.5, 0.6) is 5.75 Å². The number of ether oxygens (including phenoxy) is 1. The van der Waals surface area contributed by atoms with Gasteiger partial charge in [-0.25, -0.2) is 4.39 Å². The Balaban J connectivity index is 1.58. The van der Waals surface area contributed by atoms with Crippen LogP contribution < -0.4 is 9.64 Å². The minimum Gasteiger partial charge on any atom is -0.497 e. The Hall–Kier alpha value is -3.03. The quantitative estimate of drug-likeness (QED) is 0.520. The van der Waals surface area contributed by atoms with Crippen molar-refractivity contribution in [2.75, 3.05) is 24.3 Å². The van der Waals surface area contributed by atoms with Crippen molar-refractivity contribution in [1.29, 1.82) is 0 Å². The maximum absolute atomic E-state index is 14.0. The number of hydrogen-bond donors (Lipinski definition) is 0. The summed E-state index contributed by atoms with van der Waals surface area (Å²) >= 11 is 7.77. The first-order chi connectivity index (χ1) is 15.9. The molecule has 168 valence electrons. The molecule has 0 saturated carbocycles. The number of benzene rings is 3. The number of amides is 2. The lowest BCUT2D eigenvalue weighted by atomic mass is 10.0. The molecule has 0 N–H and O–H groups in total. The topological polar surface area (TPSA) is 49.9 Å². The highest BCUT2D eigenvalue weighted by Gasteiger charge is 2.59. The summed E-state index contributed by atoms with van der Waals surface area (Å²) in [6.07, 6.45) is 0. The van der Waals surface area contributed by atoms with Gasteiger partial charge in [0.1, 0.15) is 11.6 Å². The minimum absolute atomic E-state index is 0.194. The van der Waals surface area contributed by atoms with Crippen LogP contribution in [0.25, 0.3) is 0 Å². The van der Waals surface area contributed by atoms with Crippen LogP contribution in [0.15, 0.2) is 66.7 Å². The molecule has 0 unspecified atom stereocenters. The van der Waals surface area contributed by atoms with Crippen molar-refractivity contribution in [2.24, 2.45) is 0 Å². The van der Waals surface area contributed by atoms with E-state index in [0.29, 0.717) is 40.7 Å². The second-order valence-corrected chi connectivity index (χ2v) is 9.58. The van der Waals surface area contributed by atoms with E-state index in [-0.39, 0.29) is 11.8 Å². The molecule has 5 nitrogen and oxygen atoms in total. The molecule has 33 heavy (non-hydrogen) atoms. The van der Waals surface area contributed by atoms with E-state index < -0.39 is 10.7 Å². The van der Waals surface area contributed by atoms with E-state index in [2.05, 4.69) is 0 Å². The molecule has 2 aliphatic rings. The molecule has 2 aliphatic heterocycles. The summed E-state index contributed by atoms with van der Waals surface area (Å²) in [4.78, 5) is 29.6. The molecule has 8 heteroatoms. The van der Waals surface area contributed by atoms with Crippen molar-refractivity contribution in [3.63, 3.8) is 0 Å². The van der Waals surface area contributed by atoms with Crippen LogP contribution >= 0.6 is 23.4 Å². The smallest absolute Gasteiger partial charge is 0.268 e. The van der Waals surface area contributed by atoms with Gasteiger partial charge >= 0.3 is 0 Å². The molecule has 0 bridgehead atoms. The Labute approximate surface area is 200 Å². The third-order valence-corrected chi connectivity index (χ3v) is 7.62. The van der Waals surface area contributed by atoms with Gasteiger partial charge in [-0.05, 0) is 60.2 Å². The third-order valence-electron chi connectivity index (χ3n) is 5.97. The van der Waals surface area contributed by atoms with E-state index in [0.717, 1.165) is 11.3 Å². The van der Waals surface area contributed by atoms with Crippen LogP contribution in [0.3, 0.4) is 0 Å².